The monoisotopic (exact) mass is 268 g/mol. The van der Waals surface area contributed by atoms with Gasteiger partial charge in [-0.2, -0.15) is 0 Å². The van der Waals surface area contributed by atoms with Crippen LogP contribution in [0, 0.1) is 17.6 Å². The number of benzene rings is 1. The zero-order valence-corrected chi connectivity index (χ0v) is 11.0. The van der Waals surface area contributed by atoms with E-state index in [4.69, 9.17) is 5.73 Å². The molecule has 0 heterocycles. The summed E-state index contributed by atoms with van der Waals surface area (Å²) in [6, 6.07) is 1.75. The summed E-state index contributed by atoms with van der Waals surface area (Å²) in [5.74, 6) is -1.61. The van der Waals surface area contributed by atoms with Crippen LogP contribution in [0.3, 0.4) is 0 Å². The van der Waals surface area contributed by atoms with Crippen LogP contribution in [0.1, 0.15) is 36.5 Å². The number of halogens is 2. The predicted octanol–water partition coefficient (Wildman–Crippen LogP) is 2.81. The first-order chi connectivity index (χ1) is 9.02. The van der Waals surface area contributed by atoms with Crippen LogP contribution in [0.5, 0.6) is 0 Å². The number of carbonyl (C=O) groups excluding carboxylic acids is 1. The molecule has 0 radical (unpaired) electrons. The second-order valence-corrected chi connectivity index (χ2v) is 4.99. The maximum absolute atomic E-state index is 13.7. The Morgan fingerprint density at radius 1 is 1.37 bits per heavy atom. The van der Waals surface area contributed by atoms with Crippen LogP contribution in [0.4, 0.5) is 14.5 Å². The zero-order valence-electron chi connectivity index (χ0n) is 11.0. The van der Waals surface area contributed by atoms with E-state index in [0.29, 0.717) is 25.1 Å². The summed E-state index contributed by atoms with van der Waals surface area (Å²) in [5, 5.41) is 0. The van der Waals surface area contributed by atoms with Crippen molar-refractivity contribution in [3.63, 3.8) is 0 Å². The van der Waals surface area contributed by atoms with Crippen LogP contribution in [0.15, 0.2) is 12.1 Å². The van der Waals surface area contributed by atoms with E-state index in [1.54, 1.807) is 4.90 Å². The minimum atomic E-state index is -0.858. The largest absolute Gasteiger partial charge is 0.396 e. The van der Waals surface area contributed by atoms with Crippen molar-refractivity contribution in [2.75, 3.05) is 18.8 Å². The van der Waals surface area contributed by atoms with E-state index in [1.807, 2.05) is 6.92 Å². The van der Waals surface area contributed by atoms with E-state index >= 15 is 0 Å². The standard InChI is InChI=1S/C14H18F2N2O/c1-2-18(8-9-4-3-5-9)14(19)10-6-13(17)12(16)7-11(10)15/h6-7,9H,2-5,8,17H2,1H3. The Bertz CT molecular complexity index is 487. The summed E-state index contributed by atoms with van der Waals surface area (Å²) in [6.07, 6.45) is 3.41. The SMILES string of the molecule is CCN(CC1CCC1)C(=O)c1cc(N)c(F)cc1F. The molecule has 1 aliphatic rings. The van der Waals surface area contributed by atoms with Gasteiger partial charge < -0.3 is 10.6 Å². The molecule has 19 heavy (non-hydrogen) atoms. The summed E-state index contributed by atoms with van der Waals surface area (Å²) in [6.45, 7) is 2.99. The van der Waals surface area contributed by atoms with Crippen molar-refractivity contribution in [2.24, 2.45) is 5.92 Å². The van der Waals surface area contributed by atoms with E-state index in [-0.39, 0.29) is 11.3 Å². The Hall–Kier alpha value is -1.65. The van der Waals surface area contributed by atoms with Crippen molar-refractivity contribution in [3.8, 4) is 0 Å². The van der Waals surface area contributed by atoms with Gasteiger partial charge in [0.1, 0.15) is 11.6 Å². The molecule has 2 N–H and O–H groups in total. The molecule has 2 rings (SSSR count). The first-order valence-corrected chi connectivity index (χ1v) is 6.56. The van der Waals surface area contributed by atoms with E-state index in [9.17, 15) is 13.6 Å². The quantitative estimate of drug-likeness (QED) is 0.853. The molecule has 1 fully saturated rings. The van der Waals surface area contributed by atoms with Gasteiger partial charge in [0.2, 0.25) is 0 Å². The summed E-state index contributed by atoms with van der Waals surface area (Å²) in [4.78, 5) is 13.8. The highest BCUT2D eigenvalue weighted by atomic mass is 19.1. The predicted molar refractivity (Wildman–Crippen MR) is 69.7 cm³/mol. The summed E-state index contributed by atoms with van der Waals surface area (Å²) >= 11 is 0. The summed E-state index contributed by atoms with van der Waals surface area (Å²) < 4.78 is 26.8. The zero-order chi connectivity index (χ0) is 14.0. The minimum absolute atomic E-state index is 0.153. The average molecular weight is 268 g/mol. The molecule has 1 aromatic rings. The fourth-order valence-electron chi connectivity index (χ4n) is 2.24. The Labute approximate surface area is 111 Å². The third kappa shape index (κ3) is 2.85. The van der Waals surface area contributed by atoms with E-state index in [0.717, 1.165) is 18.9 Å². The minimum Gasteiger partial charge on any atom is -0.396 e. The molecule has 3 nitrogen and oxygen atoms in total. The molecule has 1 aliphatic carbocycles. The Morgan fingerprint density at radius 2 is 2.05 bits per heavy atom. The Kier molecular flexibility index (Phi) is 4.02. The molecule has 104 valence electrons. The Balaban J connectivity index is 2.18. The molecule has 0 atom stereocenters. The van der Waals surface area contributed by atoms with Crippen LogP contribution in [0.2, 0.25) is 0 Å². The second kappa shape index (κ2) is 5.55. The third-order valence-electron chi connectivity index (χ3n) is 3.69. The fourth-order valence-corrected chi connectivity index (χ4v) is 2.24. The lowest BCUT2D eigenvalue weighted by molar-refractivity contribution is 0.0702. The van der Waals surface area contributed by atoms with Gasteiger partial charge in [0.25, 0.3) is 5.91 Å². The first-order valence-electron chi connectivity index (χ1n) is 6.56. The van der Waals surface area contributed by atoms with Crippen molar-refractivity contribution >= 4 is 11.6 Å². The van der Waals surface area contributed by atoms with Crippen molar-refractivity contribution in [1.29, 1.82) is 0 Å². The highest BCUT2D eigenvalue weighted by Gasteiger charge is 2.25. The highest BCUT2D eigenvalue weighted by Crippen LogP contribution is 2.28. The van der Waals surface area contributed by atoms with E-state index in [2.05, 4.69) is 0 Å². The van der Waals surface area contributed by atoms with E-state index < -0.39 is 17.5 Å². The second-order valence-electron chi connectivity index (χ2n) is 4.99. The molecule has 1 amide bonds. The molecule has 1 saturated carbocycles. The van der Waals surface area contributed by atoms with Crippen molar-refractivity contribution < 1.29 is 13.6 Å². The molecular weight excluding hydrogens is 250 g/mol. The van der Waals surface area contributed by atoms with Crippen LogP contribution in [-0.2, 0) is 0 Å². The van der Waals surface area contributed by atoms with Crippen molar-refractivity contribution in [1.82, 2.24) is 4.90 Å². The number of anilines is 1. The van der Waals surface area contributed by atoms with Gasteiger partial charge in [-0.25, -0.2) is 8.78 Å². The fraction of sp³-hybridized carbons (Fsp3) is 0.500. The van der Waals surface area contributed by atoms with Gasteiger partial charge in [-0.3, -0.25) is 4.79 Å². The number of carbonyl (C=O) groups is 1. The van der Waals surface area contributed by atoms with Crippen LogP contribution in [-0.4, -0.2) is 23.9 Å². The van der Waals surface area contributed by atoms with Crippen molar-refractivity contribution in [2.45, 2.75) is 26.2 Å². The lowest BCUT2D eigenvalue weighted by atomic mass is 9.85. The van der Waals surface area contributed by atoms with Gasteiger partial charge in [0.05, 0.1) is 11.3 Å². The third-order valence-corrected chi connectivity index (χ3v) is 3.69. The molecule has 0 saturated heterocycles. The molecule has 0 spiro atoms. The number of nitrogens with zero attached hydrogens (tertiary/aromatic N) is 1. The Morgan fingerprint density at radius 3 is 2.58 bits per heavy atom. The smallest absolute Gasteiger partial charge is 0.256 e. The van der Waals surface area contributed by atoms with Gasteiger partial charge >= 0.3 is 0 Å². The lowest BCUT2D eigenvalue weighted by Crippen LogP contribution is -2.37. The molecule has 0 bridgehead atoms. The lowest BCUT2D eigenvalue weighted by Gasteiger charge is -2.32. The van der Waals surface area contributed by atoms with Gasteiger partial charge in [-0.1, -0.05) is 6.42 Å². The first kappa shape index (κ1) is 13.8. The summed E-state index contributed by atoms with van der Waals surface area (Å²) in [5.41, 5.74) is 5.04. The molecular formula is C14H18F2N2O. The van der Waals surface area contributed by atoms with E-state index in [1.165, 1.54) is 6.42 Å². The maximum atomic E-state index is 13.7. The van der Waals surface area contributed by atoms with Gasteiger partial charge in [-0.15, -0.1) is 0 Å². The van der Waals surface area contributed by atoms with Crippen LogP contribution in [0.25, 0.3) is 0 Å². The number of amides is 1. The molecule has 5 heteroatoms. The molecule has 1 aromatic carbocycles. The van der Waals surface area contributed by atoms with Gasteiger partial charge in [0.15, 0.2) is 0 Å². The number of hydrogen-bond donors (Lipinski definition) is 1. The van der Waals surface area contributed by atoms with Gasteiger partial charge in [0, 0.05) is 19.2 Å². The highest BCUT2D eigenvalue weighted by molar-refractivity contribution is 5.95. The topological polar surface area (TPSA) is 46.3 Å². The van der Waals surface area contributed by atoms with Gasteiger partial charge in [-0.05, 0) is 31.7 Å². The molecule has 0 aromatic heterocycles. The normalized spacial score (nSPS) is 15.1. The molecule has 0 aliphatic heterocycles. The number of rotatable bonds is 4. The number of nitrogens with two attached hydrogens (primary N) is 1. The van der Waals surface area contributed by atoms with Crippen LogP contribution < -0.4 is 5.73 Å². The van der Waals surface area contributed by atoms with Crippen LogP contribution >= 0.6 is 0 Å². The number of nitrogen functional groups attached to an aromatic ring is 1. The number of hydrogen-bond acceptors (Lipinski definition) is 2. The average Bonchev–Trinajstić information content (AvgIpc) is 2.32. The maximum Gasteiger partial charge on any atom is 0.256 e. The van der Waals surface area contributed by atoms with Crippen molar-refractivity contribution in [3.05, 3.63) is 29.3 Å². The molecule has 0 unspecified atom stereocenters. The summed E-state index contributed by atoms with van der Waals surface area (Å²) in [7, 11) is 0.